The number of rotatable bonds is 12. The van der Waals surface area contributed by atoms with Crippen LogP contribution in [0.4, 0.5) is 28.8 Å². The minimum absolute atomic E-state index is 0.297. The van der Waals surface area contributed by atoms with Gasteiger partial charge in [-0.2, -0.15) is 10.2 Å². The Kier molecular flexibility index (Phi) is 9.98. The van der Waals surface area contributed by atoms with Crippen molar-refractivity contribution in [3.63, 3.8) is 0 Å². The van der Waals surface area contributed by atoms with Crippen LogP contribution in [0.25, 0.3) is 0 Å². The summed E-state index contributed by atoms with van der Waals surface area (Å²) in [4.78, 5) is 25.8. The molecule has 11 heteroatoms. The van der Waals surface area contributed by atoms with E-state index in [4.69, 9.17) is 16.3 Å². The molecule has 0 radical (unpaired) electrons. The standard InChI is InChI=1S/C28H37ClN8O2/c1-4-26(38)33-24-16-25(37-12-9-21(10-13-37)36(2)11-6-14-39-3)22(29)15-23(24)34-28-31-18-19(17-30)27(35-28)32-20-7-5-8-20/h4,15-16,18,20-21H,1,5-14H2,2-3H3,(H,33,38)(H2,31,32,34,35). The van der Waals surface area contributed by atoms with Gasteiger partial charge in [0.2, 0.25) is 11.9 Å². The fraction of sp³-hybridized carbons (Fsp3) is 0.500. The molecule has 0 bridgehead atoms. The van der Waals surface area contributed by atoms with Crippen LogP contribution in [0.1, 0.15) is 44.1 Å². The van der Waals surface area contributed by atoms with E-state index >= 15 is 0 Å². The first-order valence-electron chi connectivity index (χ1n) is 13.4. The van der Waals surface area contributed by atoms with Gasteiger partial charge >= 0.3 is 0 Å². The molecule has 0 spiro atoms. The van der Waals surface area contributed by atoms with Gasteiger partial charge in [0.25, 0.3) is 0 Å². The van der Waals surface area contributed by atoms with Crippen molar-refractivity contribution in [2.24, 2.45) is 0 Å². The Labute approximate surface area is 235 Å². The molecular weight excluding hydrogens is 516 g/mol. The maximum absolute atomic E-state index is 12.3. The van der Waals surface area contributed by atoms with E-state index in [2.05, 4.69) is 55.4 Å². The van der Waals surface area contributed by atoms with E-state index in [9.17, 15) is 10.1 Å². The molecule has 0 atom stereocenters. The van der Waals surface area contributed by atoms with Crippen molar-refractivity contribution in [1.82, 2.24) is 14.9 Å². The summed E-state index contributed by atoms with van der Waals surface area (Å²) < 4.78 is 5.19. The van der Waals surface area contributed by atoms with E-state index in [-0.39, 0.29) is 5.91 Å². The summed E-state index contributed by atoms with van der Waals surface area (Å²) >= 11 is 6.79. The average molecular weight is 553 g/mol. The molecule has 39 heavy (non-hydrogen) atoms. The summed E-state index contributed by atoms with van der Waals surface area (Å²) in [7, 11) is 3.90. The van der Waals surface area contributed by atoms with Gasteiger partial charge in [-0.05, 0) is 63.8 Å². The number of carbonyl (C=O) groups is 1. The number of benzene rings is 1. The van der Waals surface area contributed by atoms with Gasteiger partial charge < -0.3 is 30.5 Å². The molecular formula is C28H37ClN8O2. The number of halogens is 1. The molecule has 208 valence electrons. The summed E-state index contributed by atoms with van der Waals surface area (Å²) in [6.45, 7) is 7.07. The van der Waals surface area contributed by atoms with Crippen molar-refractivity contribution in [3.05, 3.63) is 41.6 Å². The quantitative estimate of drug-likeness (QED) is 0.252. The van der Waals surface area contributed by atoms with E-state index in [1.807, 2.05) is 6.07 Å². The summed E-state index contributed by atoms with van der Waals surface area (Å²) in [6, 6.07) is 6.62. The van der Waals surface area contributed by atoms with Crippen LogP contribution in [0.5, 0.6) is 0 Å². The van der Waals surface area contributed by atoms with E-state index < -0.39 is 0 Å². The highest BCUT2D eigenvalue weighted by atomic mass is 35.5. The maximum atomic E-state index is 12.3. The third-order valence-corrected chi connectivity index (χ3v) is 7.72. The lowest BCUT2D eigenvalue weighted by Gasteiger charge is -2.38. The third-order valence-electron chi connectivity index (χ3n) is 7.42. The van der Waals surface area contributed by atoms with Gasteiger partial charge in [-0.15, -0.1) is 0 Å². The summed E-state index contributed by atoms with van der Waals surface area (Å²) in [5, 5.41) is 19.4. The Hall–Kier alpha value is -3.39. The van der Waals surface area contributed by atoms with Gasteiger partial charge in [-0.1, -0.05) is 18.2 Å². The number of hydrogen-bond donors (Lipinski definition) is 3. The zero-order valence-corrected chi connectivity index (χ0v) is 23.4. The number of piperidine rings is 1. The molecule has 4 rings (SSSR count). The van der Waals surface area contributed by atoms with Gasteiger partial charge in [0.15, 0.2) is 0 Å². The van der Waals surface area contributed by atoms with Gasteiger partial charge in [0.05, 0.1) is 28.3 Å². The summed E-state index contributed by atoms with van der Waals surface area (Å²) in [5.74, 6) is 0.455. The predicted molar refractivity (Wildman–Crippen MR) is 156 cm³/mol. The number of nitrogens with zero attached hydrogens (tertiary/aromatic N) is 5. The number of aromatic nitrogens is 2. The Morgan fingerprint density at radius 2 is 2.08 bits per heavy atom. The molecule has 1 aliphatic carbocycles. The second-order valence-electron chi connectivity index (χ2n) is 10.1. The molecule has 1 saturated carbocycles. The Balaban J connectivity index is 1.52. The lowest BCUT2D eigenvalue weighted by Crippen LogP contribution is -2.44. The van der Waals surface area contributed by atoms with Crippen molar-refractivity contribution in [3.8, 4) is 6.07 Å². The van der Waals surface area contributed by atoms with Gasteiger partial charge in [-0.3, -0.25) is 4.79 Å². The van der Waals surface area contributed by atoms with Crippen LogP contribution in [0.2, 0.25) is 5.02 Å². The largest absolute Gasteiger partial charge is 0.385 e. The summed E-state index contributed by atoms with van der Waals surface area (Å²) in [5.41, 5.74) is 2.33. The molecule has 2 aliphatic rings. The topological polar surface area (TPSA) is 118 Å². The van der Waals surface area contributed by atoms with Crippen molar-refractivity contribution in [1.29, 1.82) is 5.26 Å². The number of nitrogens with one attached hydrogen (secondary N) is 3. The monoisotopic (exact) mass is 552 g/mol. The minimum Gasteiger partial charge on any atom is -0.385 e. The molecule has 10 nitrogen and oxygen atoms in total. The first kappa shape index (κ1) is 28.6. The van der Waals surface area contributed by atoms with Gasteiger partial charge in [0, 0.05) is 45.4 Å². The molecule has 1 aromatic heterocycles. The van der Waals surface area contributed by atoms with Crippen LogP contribution >= 0.6 is 11.6 Å². The first-order chi connectivity index (χ1) is 18.9. The van der Waals surface area contributed by atoms with Gasteiger partial charge in [-0.25, -0.2) is 4.98 Å². The molecule has 3 N–H and O–H groups in total. The predicted octanol–water partition coefficient (Wildman–Crippen LogP) is 4.77. The SMILES string of the molecule is C=CC(=O)Nc1cc(N2CCC(N(C)CCCOC)CC2)c(Cl)cc1Nc1ncc(C#N)c(NC2CCC2)n1. The number of ether oxygens (including phenoxy) is 1. The molecule has 2 fully saturated rings. The molecule has 1 aromatic carbocycles. The van der Waals surface area contributed by atoms with Crippen LogP contribution in [-0.4, -0.2) is 73.3 Å². The van der Waals surface area contributed by atoms with Crippen molar-refractivity contribution < 1.29 is 9.53 Å². The highest BCUT2D eigenvalue weighted by Crippen LogP contribution is 2.38. The highest BCUT2D eigenvalue weighted by Gasteiger charge is 2.25. The second-order valence-corrected chi connectivity index (χ2v) is 10.5. The van der Waals surface area contributed by atoms with Crippen LogP contribution in [0, 0.1) is 11.3 Å². The lowest BCUT2D eigenvalue weighted by atomic mass is 9.93. The maximum Gasteiger partial charge on any atom is 0.247 e. The van der Waals surface area contributed by atoms with Crippen LogP contribution in [0.15, 0.2) is 31.0 Å². The van der Waals surface area contributed by atoms with Gasteiger partial charge in [0.1, 0.15) is 17.5 Å². The fourth-order valence-electron chi connectivity index (χ4n) is 4.88. The van der Waals surface area contributed by atoms with Crippen molar-refractivity contribution >= 4 is 46.3 Å². The Morgan fingerprint density at radius 1 is 1.31 bits per heavy atom. The smallest absolute Gasteiger partial charge is 0.247 e. The van der Waals surface area contributed by atoms with Crippen LogP contribution in [-0.2, 0) is 9.53 Å². The van der Waals surface area contributed by atoms with E-state index in [0.29, 0.717) is 45.8 Å². The van der Waals surface area contributed by atoms with E-state index in [1.165, 1.54) is 12.3 Å². The number of amides is 1. The zero-order valence-electron chi connectivity index (χ0n) is 22.7. The number of hydrogen-bond acceptors (Lipinski definition) is 9. The first-order valence-corrected chi connectivity index (χ1v) is 13.8. The van der Waals surface area contributed by atoms with E-state index in [0.717, 1.165) is 70.5 Å². The second kappa shape index (κ2) is 13.6. The number of anilines is 5. The minimum atomic E-state index is -0.337. The van der Waals surface area contributed by atoms with Crippen molar-refractivity contribution in [2.45, 2.75) is 50.6 Å². The normalized spacial score (nSPS) is 15.9. The Morgan fingerprint density at radius 3 is 2.72 bits per heavy atom. The van der Waals surface area contributed by atoms with Crippen LogP contribution < -0.4 is 20.9 Å². The highest BCUT2D eigenvalue weighted by molar-refractivity contribution is 6.34. The molecule has 1 amide bonds. The Bertz CT molecular complexity index is 1200. The van der Waals surface area contributed by atoms with E-state index in [1.54, 1.807) is 13.2 Å². The fourth-order valence-corrected chi connectivity index (χ4v) is 5.17. The number of nitriles is 1. The number of carbonyl (C=O) groups excluding carboxylic acids is 1. The molecule has 2 aromatic rings. The van der Waals surface area contributed by atoms with Crippen molar-refractivity contribution in [2.75, 3.05) is 61.2 Å². The average Bonchev–Trinajstić information content (AvgIpc) is 2.92. The molecule has 2 heterocycles. The zero-order chi connectivity index (χ0) is 27.8. The molecule has 1 saturated heterocycles. The summed E-state index contributed by atoms with van der Waals surface area (Å²) in [6.07, 6.45) is 9.03. The third kappa shape index (κ3) is 7.38. The molecule has 1 aliphatic heterocycles. The molecule has 0 unspecified atom stereocenters. The lowest BCUT2D eigenvalue weighted by molar-refractivity contribution is -0.111. The number of methoxy groups -OCH3 is 1. The van der Waals surface area contributed by atoms with Crippen LogP contribution in [0.3, 0.4) is 0 Å².